The van der Waals surface area contributed by atoms with Crippen LogP contribution in [0.25, 0.3) is 0 Å². The van der Waals surface area contributed by atoms with Crippen LogP contribution in [0.15, 0.2) is 18.2 Å². The van der Waals surface area contributed by atoms with Crippen molar-refractivity contribution in [2.45, 2.75) is 32.2 Å². The van der Waals surface area contributed by atoms with E-state index in [4.69, 9.17) is 5.73 Å². The minimum atomic E-state index is -0.421. The van der Waals surface area contributed by atoms with E-state index in [-0.39, 0.29) is 11.5 Å². The SMILES string of the molecule is CCCN(C(=O)c1cc(F)ccc1N)C1CC1. The fourth-order valence-electron chi connectivity index (χ4n) is 1.95. The molecule has 3 nitrogen and oxygen atoms in total. The van der Waals surface area contributed by atoms with Crippen molar-refractivity contribution < 1.29 is 9.18 Å². The molecule has 92 valence electrons. The average Bonchev–Trinajstić information content (AvgIpc) is 3.12. The summed E-state index contributed by atoms with van der Waals surface area (Å²) in [7, 11) is 0. The van der Waals surface area contributed by atoms with E-state index in [1.165, 1.54) is 18.2 Å². The van der Waals surface area contributed by atoms with E-state index in [1.807, 2.05) is 11.8 Å². The molecule has 0 unspecified atom stereocenters. The number of nitrogens with two attached hydrogens (primary N) is 1. The van der Waals surface area contributed by atoms with Gasteiger partial charge in [-0.05, 0) is 37.5 Å². The fourth-order valence-corrected chi connectivity index (χ4v) is 1.95. The van der Waals surface area contributed by atoms with Crippen LogP contribution in [0.2, 0.25) is 0 Å². The summed E-state index contributed by atoms with van der Waals surface area (Å²) in [6.07, 6.45) is 2.99. The second kappa shape index (κ2) is 4.73. The van der Waals surface area contributed by atoms with Gasteiger partial charge in [-0.1, -0.05) is 6.92 Å². The molecule has 0 spiro atoms. The van der Waals surface area contributed by atoms with Gasteiger partial charge in [0.25, 0.3) is 5.91 Å². The quantitative estimate of drug-likeness (QED) is 0.816. The number of halogens is 1. The monoisotopic (exact) mass is 236 g/mol. The molecule has 0 aromatic heterocycles. The molecule has 1 amide bonds. The van der Waals surface area contributed by atoms with Crippen molar-refractivity contribution in [3.05, 3.63) is 29.6 Å². The number of hydrogen-bond acceptors (Lipinski definition) is 2. The van der Waals surface area contributed by atoms with E-state index >= 15 is 0 Å². The Bertz CT molecular complexity index is 429. The molecule has 1 fully saturated rings. The molecule has 17 heavy (non-hydrogen) atoms. The molecule has 0 saturated heterocycles. The zero-order valence-corrected chi connectivity index (χ0v) is 9.95. The Kier molecular flexibility index (Phi) is 3.31. The first kappa shape index (κ1) is 11.9. The van der Waals surface area contributed by atoms with Gasteiger partial charge in [-0.3, -0.25) is 4.79 Å². The smallest absolute Gasteiger partial charge is 0.256 e. The van der Waals surface area contributed by atoms with Crippen LogP contribution >= 0.6 is 0 Å². The minimum Gasteiger partial charge on any atom is -0.398 e. The first-order chi connectivity index (χ1) is 8.13. The molecule has 0 bridgehead atoms. The summed E-state index contributed by atoms with van der Waals surface area (Å²) in [6, 6.07) is 4.26. The summed E-state index contributed by atoms with van der Waals surface area (Å²) in [4.78, 5) is 14.1. The fraction of sp³-hybridized carbons (Fsp3) is 0.462. The third kappa shape index (κ3) is 2.57. The molecule has 0 radical (unpaired) electrons. The summed E-state index contributed by atoms with van der Waals surface area (Å²) in [6.45, 7) is 2.73. The van der Waals surface area contributed by atoms with Crippen molar-refractivity contribution in [3.63, 3.8) is 0 Å². The van der Waals surface area contributed by atoms with Crippen LogP contribution in [-0.4, -0.2) is 23.4 Å². The highest BCUT2D eigenvalue weighted by atomic mass is 19.1. The number of hydrogen-bond donors (Lipinski definition) is 1. The Morgan fingerprint density at radius 3 is 2.82 bits per heavy atom. The van der Waals surface area contributed by atoms with Gasteiger partial charge in [-0.2, -0.15) is 0 Å². The van der Waals surface area contributed by atoms with Gasteiger partial charge in [0.05, 0.1) is 5.56 Å². The third-order valence-electron chi connectivity index (χ3n) is 2.96. The summed E-state index contributed by atoms with van der Waals surface area (Å²) >= 11 is 0. The number of nitrogens with zero attached hydrogens (tertiary/aromatic N) is 1. The zero-order chi connectivity index (χ0) is 12.4. The van der Waals surface area contributed by atoms with E-state index in [1.54, 1.807) is 0 Å². The maximum atomic E-state index is 13.1. The van der Waals surface area contributed by atoms with Crippen LogP contribution in [0.4, 0.5) is 10.1 Å². The summed E-state index contributed by atoms with van der Waals surface area (Å²) in [5.74, 6) is -0.568. The second-order valence-electron chi connectivity index (χ2n) is 4.46. The first-order valence-electron chi connectivity index (χ1n) is 5.99. The van der Waals surface area contributed by atoms with Crippen LogP contribution in [0.5, 0.6) is 0 Å². The van der Waals surface area contributed by atoms with E-state index in [2.05, 4.69) is 0 Å². The Hall–Kier alpha value is -1.58. The molecule has 1 saturated carbocycles. The predicted octanol–water partition coefficient (Wildman–Crippen LogP) is 2.42. The van der Waals surface area contributed by atoms with E-state index < -0.39 is 5.82 Å². The molecule has 0 atom stereocenters. The van der Waals surface area contributed by atoms with Crippen molar-refractivity contribution in [2.24, 2.45) is 0 Å². The number of amides is 1. The largest absolute Gasteiger partial charge is 0.398 e. The highest BCUT2D eigenvalue weighted by Crippen LogP contribution is 2.29. The number of rotatable bonds is 4. The third-order valence-corrected chi connectivity index (χ3v) is 2.96. The van der Waals surface area contributed by atoms with Crippen molar-refractivity contribution in [1.82, 2.24) is 4.90 Å². The van der Waals surface area contributed by atoms with Crippen molar-refractivity contribution >= 4 is 11.6 Å². The molecule has 4 heteroatoms. The van der Waals surface area contributed by atoms with Gasteiger partial charge in [0.15, 0.2) is 0 Å². The van der Waals surface area contributed by atoms with Crippen molar-refractivity contribution in [2.75, 3.05) is 12.3 Å². The van der Waals surface area contributed by atoms with E-state index in [0.717, 1.165) is 19.3 Å². The first-order valence-corrected chi connectivity index (χ1v) is 5.99. The maximum Gasteiger partial charge on any atom is 0.256 e. The Morgan fingerprint density at radius 2 is 2.24 bits per heavy atom. The highest BCUT2D eigenvalue weighted by Gasteiger charge is 2.33. The van der Waals surface area contributed by atoms with Crippen LogP contribution in [0, 0.1) is 5.82 Å². The Balaban J connectivity index is 2.24. The lowest BCUT2D eigenvalue weighted by atomic mass is 10.1. The van der Waals surface area contributed by atoms with Crippen LogP contribution in [-0.2, 0) is 0 Å². The predicted molar refractivity (Wildman–Crippen MR) is 65.2 cm³/mol. The molecule has 2 N–H and O–H groups in total. The van der Waals surface area contributed by atoms with Gasteiger partial charge in [0.2, 0.25) is 0 Å². The molecular weight excluding hydrogens is 219 g/mol. The van der Waals surface area contributed by atoms with Gasteiger partial charge >= 0.3 is 0 Å². The Morgan fingerprint density at radius 1 is 1.53 bits per heavy atom. The lowest BCUT2D eigenvalue weighted by Gasteiger charge is -2.22. The van der Waals surface area contributed by atoms with Gasteiger partial charge in [0.1, 0.15) is 5.82 Å². The summed E-state index contributed by atoms with van der Waals surface area (Å²) in [5.41, 5.74) is 6.36. The van der Waals surface area contributed by atoms with Crippen LogP contribution < -0.4 is 5.73 Å². The lowest BCUT2D eigenvalue weighted by molar-refractivity contribution is 0.0743. The van der Waals surface area contributed by atoms with Crippen molar-refractivity contribution in [3.8, 4) is 0 Å². The summed E-state index contributed by atoms with van der Waals surface area (Å²) < 4.78 is 13.1. The molecule has 1 aliphatic rings. The Labute approximate surface area is 100 Å². The van der Waals surface area contributed by atoms with E-state index in [9.17, 15) is 9.18 Å². The van der Waals surface area contributed by atoms with Gasteiger partial charge < -0.3 is 10.6 Å². The van der Waals surface area contributed by atoms with Crippen molar-refractivity contribution in [1.29, 1.82) is 0 Å². The molecular formula is C13H17FN2O. The van der Waals surface area contributed by atoms with Gasteiger partial charge in [-0.15, -0.1) is 0 Å². The van der Waals surface area contributed by atoms with Gasteiger partial charge in [0, 0.05) is 18.3 Å². The maximum absolute atomic E-state index is 13.1. The molecule has 2 rings (SSSR count). The zero-order valence-electron chi connectivity index (χ0n) is 9.95. The van der Waals surface area contributed by atoms with Crippen LogP contribution in [0.1, 0.15) is 36.5 Å². The molecule has 0 aliphatic heterocycles. The van der Waals surface area contributed by atoms with Crippen LogP contribution in [0.3, 0.4) is 0 Å². The molecule has 0 heterocycles. The average molecular weight is 236 g/mol. The number of benzene rings is 1. The number of nitrogen functional groups attached to an aromatic ring is 1. The molecule has 1 aliphatic carbocycles. The molecule has 1 aromatic carbocycles. The number of carbonyl (C=O) groups is 1. The number of carbonyl (C=O) groups excluding carboxylic acids is 1. The number of anilines is 1. The normalized spacial score (nSPS) is 14.7. The van der Waals surface area contributed by atoms with Gasteiger partial charge in [-0.25, -0.2) is 4.39 Å². The van der Waals surface area contributed by atoms with E-state index in [0.29, 0.717) is 18.3 Å². The molecule has 1 aromatic rings. The highest BCUT2D eigenvalue weighted by molar-refractivity contribution is 5.99. The topological polar surface area (TPSA) is 46.3 Å². The minimum absolute atomic E-state index is 0.147. The second-order valence-corrected chi connectivity index (χ2v) is 4.46. The standard InChI is InChI=1S/C13H17FN2O/c1-2-7-16(10-4-5-10)13(17)11-8-9(14)3-6-12(11)15/h3,6,8,10H,2,4-5,7,15H2,1H3. The lowest BCUT2D eigenvalue weighted by Crippen LogP contribution is -2.34. The summed E-state index contributed by atoms with van der Waals surface area (Å²) in [5, 5.41) is 0.